The lowest BCUT2D eigenvalue weighted by atomic mass is 10.3. The minimum Gasteiger partial charge on any atom is -0.396 e. The average molecular weight is 175 g/mol. The molecule has 0 aliphatic heterocycles. The maximum absolute atomic E-state index is 5.54. The molecule has 0 bridgehead atoms. The topological polar surface area (TPSA) is 43.8 Å². The Bertz CT molecular complexity index is 345. The van der Waals surface area contributed by atoms with Crippen molar-refractivity contribution in [3.8, 4) is 0 Å². The van der Waals surface area contributed by atoms with Gasteiger partial charge >= 0.3 is 0 Å². The molecule has 13 heavy (non-hydrogen) atoms. The van der Waals surface area contributed by atoms with Crippen molar-refractivity contribution in [2.75, 3.05) is 5.73 Å². The van der Waals surface area contributed by atoms with Crippen molar-refractivity contribution >= 4 is 11.4 Å². The quantitative estimate of drug-likeness (QED) is 0.715. The van der Waals surface area contributed by atoms with Crippen LogP contribution in [0.15, 0.2) is 43.3 Å². The maximum Gasteiger partial charge on any atom is 0.0724 e. The number of allylic oxidation sites excluding steroid dienone is 5. The van der Waals surface area contributed by atoms with Crippen LogP contribution >= 0.6 is 0 Å². The van der Waals surface area contributed by atoms with Crippen molar-refractivity contribution in [3.05, 3.63) is 43.3 Å². The highest BCUT2D eigenvalue weighted by Gasteiger charge is 1.95. The fourth-order valence-corrected chi connectivity index (χ4v) is 0.949. The molecule has 0 aliphatic carbocycles. The second-order valence-electron chi connectivity index (χ2n) is 2.53. The van der Waals surface area contributed by atoms with Crippen LogP contribution in [0, 0.1) is 0 Å². The van der Waals surface area contributed by atoms with Crippen LogP contribution in [-0.4, -0.2) is 9.78 Å². The normalized spacial score (nSPS) is 12.2. The van der Waals surface area contributed by atoms with Gasteiger partial charge in [-0.1, -0.05) is 24.8 Å². The molecule has 0 aromatic carbocycles. The van der Waals surface area contributed by atoms with E-state index in [1.165, 1.54) is 0 Å². The third-order valence-corrected chi connectivity index (χ3v) is 1.57. The predicted molar refractivity (Wildman–Crippen MR) is 55.9 cm³/mol. The van der Waals surface area contributed by atoms with Gasteiger partial charge in [0.1, 0.15) is 0 Å². The molecule has 0 atom stereocenters. The monoisotopic (exact) mass is 175 g/mol. The summed E-state index contributed by atoms with van der Waals surface area (Å²) in [7, 11) is 0. The van der Waals surface area contributed by atoms with Crippen molar-refractivity contribution in [2.24, 2.45) is 0 Å². The van der Waals surface area contributed by atoms with Crippen LogP contribution in [0.1, 0.15) is 6.92 Å². The van der Waals surface area contributed by atoms with E-state index < -0.39 is 0 Å². The fraction of sp³-hybridized carbons (Fsp3) is 0.100. The number of nitrogens with two attached hydrogens (primary N) is 1. The molecule has 2 N–H and O–H groups in total. The zero-order valence-electron chi connectivity index (χ0n) is 7.64. The van der Waals surface area contributed by atoms with Crippen LogP contribution in [0.3, 0.4) is 0 Å². The van der Waals surface area contributed by atoms with E-state index >= 15 is 0 Å². The first kappa shape index (κ1) is 9.32. The molecule has 0 saturated carbocycles. The molecule has 0 fully saturated rings. The highest BCUT2D eigenvalue weighted by atomic mass is 15.3. The third-order valence-electron chi connectivity index (χ3n) is 1.57. The van der Waals surface area contributed by atoms with Gasteiger partial charge in [-0.15, -0.1) is 0 Å². The summed E-state index contributed by atoms with van der Waals surface area (Å²) in [4.78, 5) is 0. The van der Waals surface area contributed by atoms with E-state index in [1.807, 2.05) is 25.2 Å². The summed E-state index contributed by atoms with van der Waals surface area (Å²) in [5.41, 5.74) is 7.17. The minimum absolute atomic E-state index is 0.659. The van der Waals surface area contributed by atoms with Gasteiger partial charge in [0.15, 0.2) is 0 Å². The van der Waals surface area contributed by atoms with Crippen molar-refractivity contribution in [1.82, 2.24) is 9.78 Å². The first-order chi connectivity index (χ1) is 6.27. The van der Waals surface area contributed by atoms with Crippen molar-refractivity contribution in [2.45, 2.75) is 6.92 Å². The van der Waals surface area contributed by atoms with Crippen LogP contribution in [0.25, 0.3) is 5.70 Å². The van der Waals surface area contributed by atoms with E-state index in [4.69, 9.17) is 5.73 Å². The SMILES string of the molecule is C=C/C=C\C(=C/C)n1cc(N)cn1. The molecule has 1 heterocycles. The molecule has 1 rings (SSSR count). The van der Waals surface area contributed by atoms with Gasteiger partial charge in [0.25, 0.3) is 0 Å². The Hall–Kier alpha value is -1.77. The van der Waals surface area contributed by atoms with Crippen LogP contribution in [0.2, 0.25) is 0 Å². The Morgan fingerprint density at radius 1 is 1.69 bits per heavy atom. The molecule has 3 heteroatoms. The molecule has 0 unspecified atom stereocenters. The smallest absolute Gasteiger partial charge is 0.0724 e. The van der Waals surface area contributed by atoms with Gasteiger partial charge in [-0.25, -0.2) is 4.68 Å². The van der Waals surface area contributed by atoms with E-state index in [2.05, 4.69) is 11.7 Å². The zero-order chi connectivity index (χ0) is 9.68. The Balaban J connectivity index is 2.91. The average Bonchev–Trinajstić information content (AvgIpc) is 2.54. The minimum atomic E-state index is 0.659. The first-order valence-electron chi connectivity index (χ1n) is 4.04. The summed E-state index contributed by atoms with van der Waals surface area (Å²) in [6, 6.07) is 0. The molecule has 1 aromatic rings. The molecular weight excluding hydrogens is 162 g/mol. The third kappa shape index (κ3) is 2.33. The molecular formula is C10H13N3. The highest BCUT2D eigenvalue weighted by molar-refractivity contribution is 5.57. The second kappa shape index (κ2) is 4.30. The summed E-state index contributed by atoms with van der Waals surface area (Å²) >= 11 is 0. The number of anilines is 1. The van der Waals surface area contributed by atoms with Gasteiger partial charge in [-0.05, 0) is 13.0 Å². The predicted octanol–water partition coefficient (Wildman–Crippen LogP) is 2.07. The number of nitrogens with zero attached hydrogens (tertiary/aromatic N) is 2. The zero-order valence-corrected chi connectivity index (χ0v) is 7.64. The number of hydrogen-bond donors (Lipinski definition) is 1. The molecule has 0 aliphatic rings. The van der Waals surface area contributed by atoms with E-state index in [1.54, 1.807) is 23.2 Å². The lowest BCUT2D eigenvalue weighted by Crippen LogP contribution is -1.94. The molecule has 3 nitrogen and oxygen atoms in total. The van der Waals surface area contributed by atoms with Crippen LogP contribution in [0.5, 0.6) is 0 Å². The maximum atomic E-state index is 5.54. The summed E-state index contributed by atoms with van der Waals surface area (Å²) < 4.78 is 1.72. The fourth-order valence-electron chi connectivity index (χ4n) is 0.949. The van der Waals surface area contributed by atoms with Gasteiger partial charge in [0, 0.05) is 0 Å². The highest BCUT2D eigenvalue weighted by Crippen LogP contribution is 2.08. The summed E-state index contributed by atoms with van der Waals surface area (Å²) in [6.45, 7) is 5.54. The number of aromatic nitrogens is 2. The Morgan fingerprint density at radius 3 is 2.92 bits per heavy atom. The molecule has 0 amide bonds. The number of hydrogen-bond acceptors (Lipinski definition) is 2. The summed E-state index contributed by atoms with van der Waals surface area (Å²) in [6.07, 6.45) is 10.8. The van der Waals surface area contributed by atoms with Crippen molar-refractivity contribution in [1.29, 1.82) is 0 Å². The van der Waals surface area contributed by atoms with Gasteiger partial charge in [-0.2, -0.15) is 5.10 Å². The molecule has 0 spiro atoms. The second-order valence-corrected chi connectivity index (χ2v) is 2.53. The van der Waals surface area contributed by atoms with E-state index in [0.717, 1.165) is 5.70 Å². The Labute approximate surface area is 77.9 Å². The van der Waals surface area contributed by atoms with Gasteiger partial charge < -0.3 is 5.73 Å². The number of nitrogen functional groups attached to an aromatic ring is 1. The van der Waals surface area contributed by atoms with Crippen LogP contribution in [-0.2, 0) is 0 Å². The van der Waals surface area contributed by atoms with Crippen LogP contribution in [0.4, 0.5) is 5.69 Å². The van der Waals surface area contributed by atoms with E-state index in [-0.39, 0.29) is 0 Å². The van der Waals surface area contributed by atoms with Crippen molar-refractivity contribution < 1.29 is 0 Å². The van der Waals surface area contributed by atoms with Gasteiger partial charge in [-0.3, -0.25) is 0 Å². The number of rotatable bonds is 3. The summed E-state index contributed by atoms with van der Waals surface area (Å²) in [5, 5.41) is 4.08. The standard InChI is InChI=1S/C10H13N3/c1-3-5-6-10(4-2)13-8-9(11)7-12-13/h3-8H,1,11H2,2H3/b6-5-,10-4+. The summed E-state index contributed by atoms with van der Waals surface area (Å²) in [5.74, 6) is 0. The van der Waals surface area contributed by atoms with E-state index in [0.29, 0.717) is 5.69 Å². The Morgan fingerprint density at radius 2 is 2.46 bits per heavy atom. The van der Waals surface area contributed by atoms with E-state index in [9.17, 15) is 0 Å². The lowest BCUT2D eigenvalue weighted by molar-refractivity contribution is 0.909. The largest absolute Gasteiger partial charge is 0.396 e. The molecule has 0 radical (unpaired) electrons. The Kier molecular flexibility index (Phi) is 3.09. The molecule has 1 aromatic heterocycles. The van der Waals surface area contributed by atoms with Crippen molar-refractivity contribution in [3.63, 3.8) is 0 Å². The van der Waals surface area contributed by atoms with Gasteiger partial charge in [0.2, 0.25) is 0 Å². The lowest BCUT2D eigenvalue weighted by Gasteiger charge is -1.99. The van der Waals surface area contributed by atoms with Gasteiger partial charge in [0.05, 0.1) is 23.8 Å². The molecule has 68 valence electrons. The van der Waals surface area contributed by atoms with Crippen LogP contribution < -0.4 is 5.73 Å². The first-order valence-corrected chi connectivity index (χ1v) is 4.04. The molecule has 0 saturated heterocycles.